The maximum atomic E-state index is 11.3. The normalized spacial score (nSPS) is 13.0. The molecule has 0 amide bonds. The summed E-state index contributed by atoms with van der Waals surface area (Å²) in [6, 6.07) is 0. The molecule has 0 aromatic rings. The molecule has 2 unspecified atom stereocenters. The Kier molecular flexibility index (Phi) is 13.3. The van der Waals surface area contributed by atoms with E-state index in [1.54, 1.807) is 0 Å². The van der Waals surface area contributed by atoms with Crippen LogP contribution in [0.3, 0.4) is 0 Å². The summed E-state index contributed by atoms with van der Waals surface area (Å²) in [4.78, 5) is 7.74. The van der Waals surface area contributed by atoms with Crippen LogP contribution in [-0.2, 0) is 9.09 Å². The molecule has 0 aliphatic heterocycles. The molecule has 0 spiro atoms. The molecule has 0 saturated heterocycles. The van der Waals surface area contributed by atoms with Gasteiger partial charge in [0.15, 0.2) is 0 Å². The van der Waals surface area contributed by atoms with E-state index >= 15 is 0 Å². The van der Waals surface area contributed by atoms with Gasteiger partial charge in [0.25, 0.3) is 0 Å². The average Bonchev–Trinajstić information content (AvgIpc) is 1.85. The summed E-state index contributed by atoms with van der Waals surface area (Å²) in [6.45, 7) is 4.36. The summed E-state index contributed by atoms with van der Waals surface area (Å²) in [5.74, 6) is 0. The summed E-state index contributed by atoms with van der Waals surface area (Å²) in [5, 5.41) is -1.85. The SMILES string of the molecule is CCCC.O=[P+](O)OC(F)Br. The lowest BCUT2D eigenvalue weighted by atomic mass is 10.4. The van der Waals surface area contributed by atoms with E-state index in [4.69, 9.17) is 4.89 Å². The van der Waals surface area contributed by atoms with Gasteiger partial charge in [-0.05, 0) is 15.9 Å². The molecule has 6 heteroatoms. The van der Waals surface area contributed by atoms with Gasteiger partial charge < -0.3 is 0 Å². The van der Waals surface area contributed by atoms with E-state index in [1.165, 1.54) is 12.8 Å². The second-order valence-corrected chi connectivity index (χ2v) is 3.01. The van der Waals surface area contributed by atoms with Crippen molar-refractivity contribution in [1.82, 2.24) is 0 Å². The number of unbranched alkanes of at least 4 members (excludes halogenated alkanes) is 1. The molecule has 0 saturated carbocycles. The van der Waals surface area contributed by atoms with Crippen LogP contribution in [0.15, 0.2) is 0 Å². The minimum Gasteiger partial charge on any atom is -0.198 e. The lowest BCUT2D eigenvalue weighted by molar-refractivity contribution is 0.153. The highest BCUT2D eigenvalue weighted by atomic mass is 79.9. The van der Waals surface area contributed by atoms with Crippen LogP contribution < -0.4 is 0 Å². The molecular weight excluding hydrogens is 238 g/mol. The Morgan fingerprint density at radius 3 is 2.00 bits per heavy atom. The second kappa shape index (κ2) is 10.4. The maximum Gasteiger partial charge on any atom is 0.698 e. The van der Waals surface area contributed by atoms with Gasteiger partial charge in [-0.3, -0.25) is 0 Å². The smallest absolute Gasteiger partial charge is 0.198 e. The van der Waals surface area contributed by atoms with Gasteiger partial charge in [-0.15, -0.1) is 4.89 Å². The van der Waals surface area contributed by atoms with Gasteiger partial charge in [-0.2, -0.15) is 4.39 Å². The topological polar surface area (TPSA) is 46.5 Å². The minimum atomic E-state index is -2.81. The summed E-state index contributed by atoms with van der Waals surface area (Å²) in [6.07, 6.45) is 2.64. The van der Waals surface area contributed by atoms with Crippen LogP contribution in [0, 0.1) is 0 Å². The van der Waals surface area contributed by atoms with Crippen molar-refractivity contribution >= 4 is 24.2 Å². The zero-order valence-corrected chi connectivity index (χ0v) is 8.94. The number of hydrogen-bond donors (Lipinski definition) is 1. The minimum absolute atomic E-state index is 1.32. The van der Waals surface area contributed by atoms with E-state index in [0.29, 0.717) is 0 Å². The third kappa shape index (κ3) is 25.1. The Morgan fingerprint density at radius 1 is 1.64 bits per heavy atom. The molecule has 0 aromatic carbocycles. The largest absolute Gasteiger partial charge is 0.698 e. The van der Waals surface area contributed by atoms with Crippen LogP contribution in [0.2, 0.25) is 0 Å². The average molecular weight is 250 g/mol. The molecule has 0 aliphatic carbocycles. The molecular formula is C5H12BrFO3P+. The van der Waals surface area contributed by atoms with Crippen LogP contribution in [0.4, 0.5) is 4.39 Å². The highest BCUT2D eigenvalue weighted by Gasteiger charge is 2.18. The predicted molar refractivity (Wildman–Crippen MR) is 45.3 cm³/mol. The molecule has 0 heterocycles. The quantitative estimate of drug-likeness (QED) is 0.618. The lowest BCUT2D eigenvalue weighted by Crippen LogP contribution is -1.84. The van der Waals surface area contributed by atoms with Crippen molar-refractivity contribution < 1.29 is 18.4 Å². The van der Waals surface area contributed by atoms with Crippen molar-refractivity contribution in [2.24, 2.45) is 0 Å². The molecule has 2 atom stereocenters. The van der Waals surface area contributed by atoms with E-state index in [2.05, 4.69) is 34.3 Å². The predicted octanol–water partition coefficient (Wildman–Crippen LogP) is 3.11. The van der Waals surface area contributed by atoms with E-state index in [0.717, 1.165) is 0 Å². The van der Waals surface area contributed by atoms with Crippen molar-refractivity contribution in [2.75, 3.05) is 0 Å². The van der Waals surface area contributed by atoms with Crippen molar-refractivity contribution in [3.63, 3.8) is 0 Å². The molecule has 0 fully saturated rings. The zero-order valence-electron chi connectivity index (χ0n) is 6.46. The van der Waals surface area contributed by atoms with Crippen LogP contribution in [0.25, 0.3) is 0 Å². The molecule has 0 aromatic heterocycles. The van der Waals surface area contributed by atoms with Crippen LogP contribution in [-0.4, -0.2) is 10.2 Å². The summed E-state index contributed by atoms with van der Waals surface area (Å²) in [5.41, 5.74) is 0. The van der Waals surface area contributed by atoms with Crippen LogP contribution in [0.1, 0.15) is 26.7 Å². The monoisotopic (exact) mass is 249 g/mol. The molecule has 0 rings (SSSR count). The molecule has 0 bridgehead atoms. The fourth-order valence-corrected chi connectivity index (χ4v) is 0.634. The van der Waals surface area contributed by atoms with E-state index in [-0.39, 0.29) is 0 Å². The number of alkyl halides is 2. The highest BCUT2D eigenvalue weighted by molar-refractivity contribution is 9.09. The fraction of sp³-hybridized carbons (Fsp3) is 1.00. The Bertz CT molecular complexity index is 99.7. The van der Waals surface area contributed by atoms with Crippen molar-refractivity contribution in [3.05, 3.63) is 0 Å². The summed E-state index contributed by atoms with van der Waals surface area (Å²) < 4.78 is 24.3. The molecule has 11 heavy (non-hydrogen) atoms. The van der Waals surface area contributed by atoms with Gasteiger partial charge >= 0.3 is 13.5 Å². The van der Waals surface area contributed by atoms with Gasteiger partial charge in [-0.1, -0.05) is 31.2 Å². The van der Waals surface area contributed by atoms with Crippen molar-refractivity contribution in [3.8, 4) is 0 Å². The Hall–Kier alpha value is 0.430. The Labute approximate surface area is 75.0 Å². The van der Waals surface area contributed by atoms with Crippen LogP contribution >= 0.6 is 24.2 Å². The van der Waals surface area contributed by atoms with Crippen LogP contribution in [0.5, 0.6) is 0 Å². The first-order valence-corrected chi connectivity index (χ1v) is 5.20. The first kappa shape index (κ1) is 14.0. The molecule has 1 N–H and O–H groups in total. The first-order valence-electron chi connectivity index (χ1n) is 3.15. The van der Waals surface area contributed by atoms with Crippen molar-refractivity contribution in [2.45, 2.75) is 32.0 Å². The standard InChI is InChI=1S/C4H10.CHBrFO3P/c1-3-4-2;2-1(3)6-7(4)5/h3-4H2,1-2H3;1H/p+1. The van der Waals surface area contributed by atoms with E-state index in [1.807, 2.05) is 0 Å². The molecule has 3 nitrogen and oxygen atoms in total. The molecule has 68 valence electrons. The summed E-state index contributed by atoms with van der Waals surface area (Å²) in [7, 11) is -2.81. The number of rotatable bonds is 3. The van der Waals surface area contributed by atoms with Gasteiger partial charge in [0.1, 0.15) is 0 Å². The Balaban J connectivity index is 0. The van der Waals surface area contributed by atoms with Gasteiger partial charge in [-0.25, -0.2) is 0 Å². The van der Waals surface area contributed by atoms with Gasteiger partial charge in [0.05, 0.1) is 0 Å². The number of hydrogen-bond acceptors (Lipinski definition) is 2. The number of halogens is 2. The first-order chi connectivity index (χ1) is 5.04. The summed E-state index contributed by atoms with van der Waals surface area (Å²) >= 11 is 2.24. The molecule has 0 aliphatic rings. The molecule has 0 radical (unpaired) electrons. The second-order valence-electron chi connectivity index (χ2n) is 1.60. The van der Waals surface area contributed by atoms with E-state index in [9.17, 15) is 8.96 Å². The Morgan fingerprint density at radius 2 is 2.00 bits per heavy atom. The third-order valence-electron chi connectivity index (χ3n) is 0.670. The van der Waals surface area contributed by atoms with Gasteiger partial charge in [0.2, 0.25) is 0 Å². The highest BCUT2D eigenvalue weighted by Crippen LogP contribution is 2.21. The van der Waals surface area contributed by atoms with Gasteiger partial charge in [0, 0.05) is 4.57 Å². The lowest BCUT2D eigenvalue weighted by Gasteiger charge is -1.79. The van der Waals surface area contributed by atoms with Crippen molar-refractivity contribution in [1.29, 1.82) is 0 Å². The van der Waals surface area contributed by atoms with E-state index < -0.39 is 13.5 Å². The third-order valence-corrected chi connectivity index (χ3v) is 1.51. The zero-order chi connectivity index (χ0) is 9.28. The fourth-order valence-electron chi connectivity index (χ4n) is 0.0682. The maximum absolute atomic E-state index is 11.3.